The van der Waals surface area contributed by atoms with Crippen molar-refractivity contribution < 1.29 is 0 Å². The molecule has 1 heteroatoms. The Balaban J connectivity index is 1.79. The molecule has 0 saturated heterocycles. The number of hydrogen-bond donors (Lipinski definition) is 1. The molecule has 0 spiro atoms. The Labute approximate surface area is 124 Å². The molecule has 102 valence electrons. The lowest BCUT2D eigenvalue weighted by Crippen LogP contribution is -1.90. The van der Waals surface area contributed by atoms with E-state index in [1.54, 1.807) is 0 Å². The lowest BCUT2D eigenvalue weighted by Gasteiger charge is -2.10. The minimum Gasteiger partial charge on any atom is -0.384 e. The number of rotatable bonds is 1. The van der Waals surface area contributed by atoms with E-state index in [-0.39, 0.29) is 0 Å². The first kappa shape index (κ1) is 11.4. The summed E-state index contributed by atoms with van der Waals surface area (Å²) in [5, 5.41) is 6.38. The zero-order valence-electron chi connectivity index (χ0n) is 11.9. The predicted molar refractivity (Wildman–Crippen MR) is 89.0 cm³/mol. The molecule has 0 bridgehead atoms. The van der Waals surface area contributed by atoms with Crippen LogP contribution < -0.4 is 5.32 Å². The van der Waals surface area contributed by atoms with E-state index < -0.39 is 0 Å². The second-order valence-corrected chi connectivity index (χ2v) is 6.16. The molecule has 0 aromatic heterocycles. The van der Waals surface area contributed by atoms with E-state index in [4.69, 9.17) is 0 Å². The molecule has 21 heavy (non-hydrogen) atoms. The van der Waals surface area contributed by atoms with Crippen LogP contribution in [0.2, 0.25) is 0 Å². The molecule has 1 aliphatic carbocycles. The summed E-state index contributed by atoms with van der Waals surface area (Å²) >= 11 is 0. The van der Waals surface area contributed by atoms with Gasteiger partial charge < -0.3 is 5.32 Å². The van der Waals surface area contributed by atoms with Crippen LogP contribution in [0.25, 0.3) is 21.9 Å². The van der Waals surface area contributed by atoms with Gasteiger partial charge in [0, 0.05) is 12.2 Å². The Morgan fingerprint density at radius 2 is 1.67 bits per heavy atom. The van der Waals surface area contributed by atoms with Crippen LogP contribution in [0.15, 0.2) is 48.5 Å². The molecular formula is C20H17N. The highest BCUT2D eigenvalue weighted by molar-refractivity contribution is 6.01. The number of anilines is 1. The molecule has 1 N–H and O–H groups in total. The van der Waals surface area contributed by atoms with Gasteiger partial charge in [-0.15, -0.1) is 0 Å². The van der Waals surface area contributed by atoms with E-state index in [1.807, 2.05) is 0 Å². The monoisotopic (exact) mass is 271 g/mol. The van der Waals surface area contributed by atoms with Gasteiger partial charge >= 0.3 is 0 Å². The zero-order chi connectivity index (χ0) is 13.8. The summed E-state index contributed by atoms with van der Waals surface area (Å²) in [6.07, 6.45) is 3.54. The van der Waals surface area contributed by atoms with Gasteiger partial charge in [0.25, 0.3) is 0 Å². The van der Waals surface area contributed by atoms with Gasteiger partial charge in [-0.05, 0) is 70.0 Å². The third kappa shape index (κ3) is 1.58. The Morgan fingerprint density at radius 1 is 0.762 bits per heavy atom. The highest BCUT2D eigenvalue weighted by Crippen LogP contribution is 2.38. The minimum atomic E-state index is 1.07. The molecule has 3 aromatic rings. The highest BCUT2D eigenvalue weighted by Gasteiger charge is 2.17. The van der Waals surface area contributed by atoms with Crippen molar-refractivity contribution >= 4 is 16.5 Å². The fourth-order valence-electron chi connectivity index (χ4n) is 3.97. The van der Waals surface area contributed by atoms with Crippen molar-refractivity contribution in [2.45, 2.75) is 19.3 Å². The third-order valence-electron chi connectivity index (χ3n) is 5.00. The molecule has 0 fully saturated rings. The van der Waals surface area contributed by atoms with Gasteiger partial charge in [0.2, 0.25) is 0 Å². The number of fused-ring (bicyclic) bond motifs is 1. The average Bonchev–Trinajstić information content (AvgIpc) is 3.15. The molecule has 1 nitrogen and oxygen atoms in total. The summed E-state index contributed by atoms with van der Waals surface area (Å²) < 4.78 is 0. The Kier molecular flexibility index (Phi) is 2.23. The van der Waals surface area contributed by atoms with Crippen molar-refractivity contribution in [2.75, 3.05) is 11.9 Å². The maximum Gasteiger partial charge on any atom is 0.0373 e. The second kappa shape index (κ2) is 4.11. The Morgan fingerprint density at radius 3 is 2.62 bits per heavy atom. The van der Waals surface area contributed by atoms with Crippen molar-refractivity contribution in [1.29, 1.82) is 0 Å². The van der Waals surface area contributed by atoms with Crippen LogP contribution >= 0.6 is 0 Å². The average molecular weight is 271 g/mol. The smallest absolute Gasteiger partial charge is 0.0373 e. The quantitative estimate of drug-likeness (QED) is 0.683. The van der Waals surface area contributed by atoms with Crippen molar-refractivity contribution in [3.05, 3.63) is 65.2 Å². The number of benzene rings is 3. The van der Waals surface area contributed by atoms with Crippen LogP contribution in [-0.4, -0.2) is 6.54 Å². The first-order chi connectivity index (χ1) is 10.4. The van der Waals surface area contributed by atoms with Gasteiger partial charge in [-0.3, -0.25) is 0 Å². The molecule has 0 radical (unpaired) electrons. The summed E-state index contributed by atoms with van der Waals surface area (Å²) in [6, 6.07) is 18.3. The summed E-state index contributed by atoms with van der Waals surface area (Å²) in [5.41, 5.74) is 8.54. The van der Waals surface area contributed by atoms with Gasteiger partial charge in [-0.2, -0.15) is 0 Å². The summed E-state index contributed by atoms with van der Waals surface area (Å²) in [7, 11) is 0. The number of aryl methyl sites for hydroxylation is 2. The van der Waals surface area contributed by atoms with Crippen molar-refractivity contribution in [1.82, 2.24) is 0 Å². The largest absolute Gasteiger partial charge is 0.384 e. The molecule has 0 saturated carbocycles. The fraction of sp³-hybridized carbons (Fsp3) is 0.200. The van der Waals surface area contributed by atoms with E-state index in [9.17, 15) is 0 Å². The maximum atomic E-state index is 3.44. The minimum absolute atomic E-state index is 1.07. The van der Waals surface area contributed by atoms with Gasteiger partial charge in [-0.25, -0.2) is 0 Å². The van der Waals surface area contributed by atoms with Crippen LogP contribution in [0.3, 0.4) is 0 Å². The summed E-state index contributed by atoms with van der Waals surface area (Å²) in [6.45, 7) is 1.07. The van der Waals surface area contributed by atoms with Crippen molar-refractivity contribution in [3.63, 3.8) is 0 Å². The van der Waals surface area contributed by atoms with Crippen LogP contribution in [0.1, 0.15) is 16.7 Å². The van der Waals surface area contributed by atoms with E-state index in [1.165, 1.54) is 57.1 Å². The standard InChI is InChI=1S/C20H17N/c1-2-13-4-5-14-6-8-17(18(3-1)20(13)14)15-7-9-19-16(12-15)10-11-21-19/h1-3,6-9,12,21H,4-5,10-11H2. The van der Waals surface area contributed by atoms with Crippen molar-refractivity contribution in [2.24, 2.45) is 0 Å². The molecule has 0 unspecified atom stereocenters. The molecule has 1 aliphatic heterocycles. The van der Waals surface area contributed by atoms with Crippen LogP contribution in [0, 0.1) is 0 Å². The van der Waals surface area contributed by atoms with Crippen LogP contribution in [0.5, 0.6) is 0 Å². The SMILES string of the molecule is c1cc2c3c(ccc(-c4ccc5c(c4)CCN5)c3c1)CC2. The van der Waals surface area contributed by atoms with Crippen LogP contribution in [0.4, 0.5) is 5.69 Å². The Bertz CT molecular complexity index is 866. The first-order valence-corrected chi connectivity index (χ1v) is 7.81. The predicted octanol–water partition coefficient (Wildman–Crippen LogP) is 4.57. The number of nitrogens with one attached hydrogen (secondary N) is 1. The van der Waals surface area contributed by atoms with E-state index >= 15 is 0 Å². The number of hydrogen-bond acceptors (Lipinski definition) is 1. The summed E-state index contributed by atoms with van der Waals surface area (Å²) in [5.74, 6) is 0. The van der Waals surface area contributed by atoms with Gasteiger partial charge in [-0.1, -0.05) is 36.4 Å². The molecule has 0 atom stereocenters. The van der Waals surface area contributed by atoms with Crippen LogP contribution in [-0.2, 0) is 19.3 Å². The molecule has 5 rings (SSSR count). The van der Waals surface area contributed by atoms with E-state index in [0.29, 0.717) is 0 Å². The van der Waals surface area contributed by atoms with E-state index in [0.717, 1.165) is 13.0 Å². The lowest BCUT2D eigenvalue weighted by molar-refractivity contribution is 1.02. The fourth-order valence-corrected chi connectivity index (χ4v) is 3.97. The third-order valence-corrected chi connectivity index (χ3v) is 5.00. The van der Waals surface area contributed by atoms with Gasteiger partial charge in [0.05, 0.1) is 0 Å². The first-order valence-electron chi connectivity index (χ1n) is 7.81. The Hall–Kier alpha value is -2.28. The zero-order valence-corrected chi connectivity index (χ0v) is 11.9. The van der Waals surface area contributed by atoms with Crippen molar-refractivity contribution in [3.8, 4) is 11.1 Å². The molecular weight excluding hydrogens is 254 g/mol. The second-order valence-electron chi connectivity index (χ2n) is 6.16. The maximum absolute atomic E-state index is 3.44. The molecule has 1 heterocycles. The highest BCUT2D eigenvalue weighted by atomic mass is 14.9. The molecule has 0 amide bonds. The molecule has 2 aliphatic rings. The van der Waals surface area contributed by atoms with Gasteiger partial charge in [0.15, 0.2) is 0 Å². The summed E-state index contributed by atoms with van der Waals surface area (Å²) in [4.78, 5) is 0. The van der Waals surface area contributed by atoms with E-state index in [2.05, 4.69) is 53.8 Å². The molecule has 3 aromatic carbocycles. The van der Waals surface area contributed by atoms with Gasteiger partial charge in [0.1, 0.15) is 0 Å². The lowest BCUT2D eigenvalue weighted by atomic mass is 9.94. The topological polar surface area (TPSA) is 12.0 Å². The normalized spacial score (nSPS) is 15.2.